The Balaban J connectivity index is 2.80. The molecule has 1 aromatic carbocycles. The van der Waals surface area contributed by atoms with E-state index in [1.54, 1.807) is 24.1 Å². The Morgan fingerprint density at radius 3 is 2.17 bits per heavy atom. The van der Waals surface area contributed by atoms with E-state index in [1.165, 1.54) is 12.1 Å². The molecule has 100 valence electrons. The fourth-order valence-electron chi connectivity index (χ4n) is 1.70. The van der Waals surface area contributed by atoms with Crippen molar-refractivity contribution in [2.75, 3.05) is 7.05 Å². The van der Waals surface area contributed by atoms with Gasteiger partial charge in [-0.25, -0.2) is 4.39 Å². The molecule has 0 saturated heterocycles. The SMILES string of the molecule is CC(N)C(C)C(=O)N(C)C(C)c1ccc(F)cc1. The first-order valence-electron chi connectivity index (χ1n) is 6.12. The fraction of sp³-hybridized carbons (Fsp3) is 0.500. The maximum Gasteiger partial charge on any atom is 0.227 e. The van der Waals surface area contributed by atoms with Gasteiger partial charge in [0.15, 0.2) is 0 Å². The second kappa shape index (κ2) is 5.96. The molecule has 3 nitrogen and oxygen atoms in total. The molecule has 1 amide bonds. The van der Waals surface area contributed by atoms with E-state index in [4.69, 9.17) is 5.73 Å². The lowest BCUT2D eigenvalue weighted by atomic mass is 10.0. The summed E-state index contributed by atoms with van der Waals surface area (Å²) in [6.45, 7) is 5.55. The van der Waals surface area contributed by atoms with Crippen molar-refractivity contribution < 1.29 is 9.18 Å². The Labute approximate surface area is 108 Å². The summed E-state index contributed by atoms with van der Waals surface area (Å²) in [7, 11) is 1.75. The molecule has 0 radical (unpaired) electrons. The van der Waals surface area contributed by atoms with Crippen LogP contribution in [0.2, 0.25) is 0 Å². The summed E-state index contributed by atoms with van der Waals surface area (Å²) < 4.78 is 12.8. The number of nitrogens with zero attached hydrogens (tertiary/aromatic N) is 1. The van der Waals surface area contributed by atoms with Crippen molar-refractivity contribution in [1.29, 1.82) is 0 Å². The highest BCUT2D eigenvalue weighted by Crippen LogP contribution is 2.21. The summed E-state index contributed by atoms with van der Waals surface area (Å²) in [6, 6.07) is 5.92. The van der Waals surface area contributed by atoms with Crippen molar-refractivity contribution in [3.63, 3.8) is 0 Å². The molecular formula is C14H21FN2O. The minimum atomic E-state index is -0.274. The van der Waals surface area contributed by atoms with E-state index >= 15 is 0 Å². The molecule has 0 fully saturated rings. The third-order valence-electron chi connectivity index (χ3n) is 3.46. The van der Waals surface area contributed by atoms with Crippen molar-refractivity contribution in [3.05, 3.63) is 35.6 Å². The molecule has 1 aromatic rings. The molecule has 4 heteroatoms. The van der Waals surface area contributed by atoms with Gasteiger partial charge in [-0.2, -0.15) is 0 Å². The van der Waals surface area contributed by atoms with E-state index < -0.39 is 0 Å². The summed E-state index contributed by atoms with van der Waals surface area (Å²) in [4.78, 5) is 13.8. The highest BCUT2D eigenvalue weighted by molar-refractivity contribution is 5.79. The van der Waals surface area contributed by atoms with Crippen LogP contribution >= 0.6 is 0 Å². The van der Waals surface area contributed by atoms with Gasteiger partial charge < -0.3 is 10.6 Å². The molecule has 2 N–H and O–H groups in total. The zero-order valence-corrected chi connectivity index (χ0v) is 11.4. The zero-order valence-electron chi connectivity index (χ0n) is 11.4. The first kappa shape index (κ1) is 14.6. The fourth-order valence-corrected chi connectivity index (χ4v) is 1.70. The van der Waals surface area contributed by atoms with Crippen molar-refractivity contribution in [2.45, 2.75) is 32.9 Å². The van der Waals surface area contributed by atoms with Gasteiger partial charge in [-0.3, -0.25) is 4.79 Å². The van der Waals surface area contributed by atoms with Gasteiger partial charge in [-0.1, -0.05) is 19.1 Å². The van der Waals surface area contributed by atoms with Crippen LogP contribution in [-0.4, -0.2) is 23.9 Å². The highest BCUT2D eigenvalue weighted by Gasteiger charge is 2.24. The zero-order chi connectivity index (χ0) is 13.9. The van der Waals surface area contributed by atoms with Crippen LogP contribution in [0.5, 0.6) is 0 Å². The van der Waals surface area contributed by atoms with Crippen LogP contribution in [-0.2, 0) is 4.79 Å². The smallest absolute Gasteiger partial charge is 0.227 e. The molecule has 3 atom stereocenters. The molecule has 0 aliphatic rings. The lowest BCUT2D eigenvalue weighted by Gasteiger charge is -2.29. The van der Waals surface area contributed by atoms with E-state index in [2.05, 4.69) is 0 Å². The van der Waals surface area contributed by atoms with Crippen LogP contribution in [0.15, 0.2) is 24.3 Å². The number of carbonyl (C=O) groups is 1. The number of halogens is 1. The Morgan fingerprint density at radius 1 is 1.22 bits per heavy atom. The predicted molar refractivity (Wildman–Crippen MR) is 70.4 cm³/mol. The number of hydrogen-bond donors (Lipinski definition) is 1. The van der Waals surface area contributed by atoms with Gasteiger partial charge in [0, 0.05) is 13.1 Å². The van der Waals surface area contributed by atoms with E-state index in [0.29, 0.717) is 0 Å². The maximum atomic E-state index is 12.8. The van der Waals surface area contributed by atoms with Crippen molar-refractivity contribution in [3.8, 4) is 0 Å². The molecule has 1 rings (SSSR count). The highest BCUT2D eigenvalue weighted by atomic mass is 19.1. The number of hydrogen-bond acceptors (Lipinski definition) is 2. The molecule has 3 unspecified atom stereocenters. The second-order valence-corrected chi connectivity index (χ2v) is 4.82. The van der Waals surface area contributed by atoms with Gasteiger partial charge in [0.25, 0.3) is 0 Å². The van der Waals surface area contributed by atoms with E-state index in [0.717, 1.165) is 5.56 Å². The van der Waals surface area contributed by atoms with E-state index in [9.17, 15) is 9.18 Å². The summed E-state index contributed by atoms with van der Waals surface area (Å²) in [5, 5.41) is 0. The number of amides is 1. The van der Waals surface area contributed by atoms with Gasteiger partial charge in [0.2, 0.25) is 5.91 Å². The van der Waals surface area contributed by atoms with Crippen LogP contribution < -0.4 is 5.73 Å². The summed E-state index contributed by atoms with van der Waals surface area (Å²) in [5.41, 5.74) is 6.64. The summed E-state index contributed by atoms with van der Waals surface area (Å²) in [5.74, 6) is -0.497. The average molecular weight is 252 g/mol. The van der Waals surface area contributed by atoms with Gasteiger partial charge in [-0.15, -0.1) is 0 Å². The number of rotatable bonds is 4. The second-order valence-electron chi connectivity index (χ2n) is 4.82. The van der Waals surface area contributed by atoms with Crippen LogP contribution in [0.3, 0.4) is 0 Å². The summed E-state index contributed by atoms with van der Waals surface area (Å²) in [6.07, 6.45) is 0. The number of carbonyl (C=O) groups excluding carboxylic acids is 1. The summed E-state index contributed by atoms with van der Waals surface area (Å²) >= 11 is 0. The first-order chi connectivity index (χ1) is 8.34. The normalized spacial score (nSPS) is 15.9. The average Bonchev–Trinajstić information content (AvgIpc) is 2.36. The third kappa shape index (κ3) is 3.29. The number of benzene rings is 1. The van der Waals surface area contributed by atoms with E-state index in [1.807, 2.05) is 20.8 Å². The topological polar surface area (TPSA) is 46.3 Å². The van der Waals surface area contributed by atoms with Crippen molar-refractivity contribution in [1.82, 2.24) is 4.90 Å². The molecule has 0 bridgehead atoms. The van der Waals surface area contributed by atoms with Gasteiger partial charge in [0.1, 0.15) is 5.82 Å². The quantitative estimate of drug-likeness (QED) is 0.894. The van der Waals surface area contributed by atoms with Crippen LogP contribution in [0.1, 0.15) is 32.4 Å². The van der Waals surface area contributed by atoms with Crippen molar-refractivity contribution >= 4 is 5.91 Å². The molecule has 0 spiro atoms. The molecular weight excluding hydrogens is 231 g/mol. The molecule has 0 aromatic heterocycles. The van der Waals surface area contributed by atoms with E-state index in [-0.39, 0.29) is 29.7 Å². The first-order valence-corrected chi connectivity index (χ1v) is 6.12. The third-order valence-corrected chi connectivity index (χ3v) is 3.46. The lowest BCUT2D eigenvalue weighted by Crippen LogP contribution is -2.40. The minimum absolute atomic E-state index is 0.00169. The molecule has 0 saturated carbocycles. The lowest BCUT2D eigenvalue weighted by molar-refractivity contribution is -0.136. The van der Waals surface area contributed by atoms with Gasteiger partial charge in [-0.05, 0) is 31.5 Å². The van der Waals surface area contributed by atoms with Crippen LogP contribution in [0.4, 0.5) is 4.39 Å². The molecule has 0 aliphatic carbocycles. The largest absolute Gasteiger partial charge is 0.339 e. The van der Waals surface area contributed by atoms with Crippen molar-refractivity contribution in [2.24, 2.45) is 11.7 Å². The minimum Gasteiger partial charge on any atom is -0.339 e. The standard InChI is InChI=1S/C14H21FN2O/c1-9(10(2)16)14(18)17(4)11(3)12-5-7-13(15)8-6-12/h5-11H,16H2,1-4H3. The molecule has 18 heavy (non-hydrogen) atoms. The van der Waals surface area contributed by atoms with Crippen LogP contribution in [0, 0.1) is 11.7 Å². The van der Waals surface area contributed by atoms with Gasteiger partial charge >= 0.3 is 0 Å². The Morgan fingerprint density at radius 2 is 1.72 bits per heavy atom. The van der Waals surface area contributed by atoms with Gasteiger partial charge in [0.05, 0.1) is 12.0 Å². The number of nitrogens with two attached hydrogens (primary N) is 1. The maximum absolute atomic E-state index is 12.8. The Hall–Kier alpha value is -1.42. The Bertz CT molecular complexity index is 403. The predicted octanol–water partition coefficient (Wildman–Crippen LogP) is 2.33. The Kier molecular flexibility index (Phi) is 4.84. The molecule has 0 heterocycles. The van der Waals surface area contributed by atoms with Crippen LogP contribution in [0.25, 0.3) is 0 Å². The molecule has 0 aliphatic heterocycles. The monoisotopic (exact) mass is 252 g/mol.